The van der Waals surface area contributed by atoms with Crippen LogP contribution in [0.1, 0.15) is 6.92 Å². The molecule has 0 aliphatic carbocycles. The summed E-state index contributed by atoms with van der Waals surface area (Å²) in [7, 11) is 2.63. The number of hydrogen-bond acceptors (Lipinski definition) is 5. The average Bonchev–Trinajstić information content (AvgIpc) is 2.23. The maximum absolute atomic E-state index is 11.6. The van der Waals surface area contributed by atoms with E-state index in [1.54, 1.807) is 6.92 Å². The first-order valence-electron chi connectivity index (χ1n) is 4.49. The van der Waals surface area contributed by atoms with Gasteiger partial charge in [0.15, 0.2) is 5.03 Å². The molecule has 88 valence electrons. The molecule has 0 N–H and O–H groups in total. The van der Waals surface area contributed by atoms with Crippen molar-refractivity contribution in [1.29, 1.82) is 0 Å². The van der Waals surface area contributed by atoms with Crippen LogP contribution in [0.3, 0.4) is 0 Å². The van der Waals surface area contributed by atoms with Crippen LogP contribution in [0.15, 0.2) is 14.6 Å². The van der Waals surface area contributed by atoms with E-state index in [0.717, 1.165) is 20.9 Å². The van der Waals surface area contributed by atoms with E-state index in [1.165, 1.54) is 14.1 Å². The lowest BCUT2D eigenvalue weighted by atomic mass is 10.5. The molecule has 1 rings (SSSR count). The van der Waals surface area contributed by atoms with Gasteiger partial charge in [0.2, 0.25) is 0 Å². The molecule has 0 aliphatic rings. The summed E-state index contributed by atoms with van der Waals surface area (Å²) < 4.78 is 1.85. The molecule has 0 saturated heterocycles. The van der Waals surface area contributed by atoms with Gasteiger partial charge in [0.25, 0.3) is 0 Å². The first-order chi connectivity index (χ1) is 7.41. The summed E-state index contributed by atoms with van der Waals surface area (Å²) in [6, 6.07) is 0. The van der Waals surface area contributed by atoms with Crippen LogP contribution in [-0.2, 0) is 14.1 Å². The van der Waals surface area contributed by atoms with E-state index in [1.807, 2.05) is 0 Å². The highest BCUT2D eigenvalue weighted by Gasteiger charge is 2.25. The fourth-order valence-electron chi connectivity index (χ4n) is 1.27. The van der Waals surface area contributed by atoms with Crippen molar-refractivity contribution in [1.82, 2.24) is 9.13 Å². The zero-order valence-corrected chi connectivity index (χ0v) is 9.91. The standard InChI is InChI=1S/C8H11N3O4S/c1-4-16-7-5(11(14)15)6(12)9(2)8(13)10(7)3/h4H2,1-3H3. The summed E-state index contributed by atoms with van der Waals surface area (Å²) >= 11 is 1.10. The molecular weight excluding hydrogens is 234 g/mol. The van der Waals surface area contributed by atoms with Crippen molar-refractivity contribution < 1.29 is 4.92 Å². The summed E-state index contributed by atoms with van der Waals surface area (Å²) in [5.74, 6) is 0.543. The largest absolute Gasteiger partial charge is 0.364 e. The average molecular weight is 245 g/mol. The molecule has 0 spiro atoms. The minimum Gasteiger partial charge on any atom is -0.285 e. The molecule has 0 atom stereocenters. The van der Waals surface area contributed by atoms with Gasteiger partial charge < -0.3 is 0 Å². The van der Waals surface area contributed by atoms with E-state index < -0.39 is 21.9 Å². The topological polar surface area (TPSA) is 87.1 Å². The fraction of sp³-hybridized carbons (Fsp3) is 0.500. The molecule has 8 heteroatoms. The lowest BCUT2D eigenvalue weighted by Crippen LogP contribution is -2.38. The van der Waals surface area contributed by atoms with Gasteiger partial charge in [-0.1, -0.05) is 6.92 Å². The Morgan fingerprint density at radius 2 is 1.88 bits per heavy atom. The van der Waals surface area contributed by atoms with Crippen LogP contribution in [0.5, 0.6) is 0 Å². The lowest BCUT2D eigenvalue weighted by molar-refractivity contribution is -0.390. The summed E-state index contributed by atoms with van der Waals surface area (Å²) in [5.41, 5.74) is -1.98. The molecule has 1 heterocycles. The van der Waals surface area contributed by atoms with E-state index in [9.17, 15) is 19.7 Å². The minimum absolute atomic E-state index is 0.0978. The molecule has 0 amide bonds. The number of nitrogens with zero attached hydrogens (tertiary/aromatic N) is 3. The van der Waals surface area contributed by atoms with E-state index in [0.29, 0.717) is 5.75 Å². The van der Waals surface area contributed by atoms with Crippen LogP contribution in [0.4, 0.5) is 5.69 Å². The molecule has 7 nitrogen and oxygen atoms in total. The van der Waals surface area contributed by atoms with E-state index >= 15 is 0 Å². The summed E-state index contributed by atoms with van der Waals surface area (Å²) in [4.78, 5) is 33.2. The molecule has 0 radical (unpaired) electrons. The third-order valence-corrected chi connectivity index (χ3v) is 3.08. The Kier molecular flexibility index (Phi) is 3.53. The second kappa shape index (κ2) is 4.52. The van der Waals surface area contributed by atoms with Gasteiger partial charge >= 0.3 is 16.9 Å². The molecule has 0 fully saturated rings. The predicted molar refractivity (Wildman–Crippen MR) is 60.0 cm³/mol. The second-order valence-corrected chi connectivity index (χ2v) is 4.30. The fourth-order valence-corrected chi connectivity index (χ4v) is 2.11. The van der Waals surface area contributed by atoms with Crippen molar-refractivity contribution in [2.75, 3.05) is 5.75 Å². The molecule has 0 bridgehead atoms. The molecule has 16 heavy (non-hydrogen) atoms. The van der Waals surface area contributed by atoms with E-state index in [4.69, 9.17) is 0 Å². The highest BCUT2D eigenvalue weighted by atomic mass is 32.2. The first kappa shape index (κ1) is 12.5. The van der Waals surface area contributed by atoms with Gasteiger partial charge in [-0.05, 0) is 5.75 Å². The van der Waals surface area contributed by atoms with Crippen molar-refractivity contribution in [3.63, 3.8) is 0 Å². The Labute approximate surface area is 94.8 Å². The molecule has 0 aromatic carbocycles. The third-order valence-electron chi connectivity index (χ3n) is 2.05. The Morgan fingerprint density at radius 1 is 1.31 bits per heavy atom. The smallest absolute Gasteiger partial charge is 0.285 e. The molecule has 0 unspecified atom stereocenters. The van der Waals surface area contributed by atoms with Crippen LogP contribution in [-0.4, -0.2) is 19.8 Å². The van der Waals surface area contributed by atoms with Gasteiger partial charge in [0.1, 0.15) is 0 Å². The lowest BCUT2D eigenvalue weighted by Gasteiger charge is -2.08. The summed E-state index contributed by atoms with van der Waals surface area (Å²) in [6.45, 7) is 1.79. The molecular formula is C8H11N3O4S. The second-order valence-electron chi connectivity index (χ2n) is 3.05. The van der Waals surface area contributed by atoms with E-state index in [2.05, 4.69) is 0 Å². The zero-order valence-electron chi connectivity index (χ0n) is 9.09. The van der Waals surface area contributed by atoms with Crippen molar-refractivity contribution >= 4 is 17.4 Å². The maximum atomic E-state index is 11.6. The number of rotatable bonds is 3. The first-order valence-corrected chi connectivity index (χ1v) is 5.47. The Hall–Kier alpha value is -1.57. The van der Waals surface area contributed by atoms with Crippen molar-refractivity contribution in [3.8, 4) is 0 Å². The van der Waals surface area contributed by atoms with Crippen molar-refractivity contribution in [2.24, 2.45) is 14.1 Å². The van der Waals surface area contributed by atoms with Gasteiger partial charge in [-0.3, -0.25) is 24.0 Å². The number of nitro groups is 1. The normalized spacial score (nSPS) is 10.4. The van der Waals surface area contributed by atoms with Gasteiger partial charge in [0, 0.05) is 14.1 Å². The highest BCUT2D eigenvalue weighted by molar-refractivity contribution is 7.99. The number of aromatic nitrogens is 2. The monoisotopic (exact) mass is 245 g/mol. The van der Waals surface area contributed by atoms with Gasteiger partial charge in [-0.15, -0.1) is 11.8 Å². The van der Waals surface area contributed by atoms with Crippen LogP contribution in [0.25, 0.3) is 0 Å². The van der Waals surface area contributed by atoms with Crippen molar-refractivity contribution in [2.45, 2.75) is 11.9 Å². The maximum Gasteiger partial charge on any atom is 0.364 e. The Morgan fingerprint density at radius 3 is 2.31 bits per heavy atom. The highest BCUT2D eigenvalue weighted by Crippen LogP contribution is 2.23. The van der Waals surface area contributed by atoms with E-state index in [-0.39, 0.29) is 5.03 Å². The van der Waals surface area contributed by atoms with Crippen LogP contribution >= 0.6 is 11.8 Å². The third kappa shape index (κ3) is 1.87. The zero-order chi connectivity index (χ0) is 12.5. The Balaban J connectivity index is 3.76. The van der Waals surface area contributed by atoms with Crippen LogP contribution < -0.4 is 11.2 Å². The SMILES string of the molecule is CCSc1c([N+](=O)[O-])c(=O)n(C)c(=O)n1C. The van der Waals surface area contributed by atoms with Crippen molar-refractivity contribution in [3.05, 3.63) is 31.0 Å². The van der Waals surface area contributed by atoms with Gasteiger partial charge in [-0.2, -0.15) is 0 Å². The van der Waals surface area contributed by atoms with Gasteiger partial charge in [0.05, 0.1) is 4.92 Å². The van der Waals surface area contributed by atoms with Crippen LogP contribution in [0.2, 0.25) is 0 Å². The minimum atomic E-state index is -0.871. The van der Waals surface area contributed by atoms with Gasteiger partial charge in [-0.25, -0.2) is 4.79 Å². The predicted octanol–water partition coefficient (Wildman–Crippen LogP) is 0.104. The van der Waals surface area contributed by atoms with Crippen LogP contribution in [0, 0.1) is 10.1 Å². The molecule has 0 saturated carbocycles. The Bertz CT molecular complexity index is 545. The molecule has 1 aromatic rings. The number of thioether (sulfide) groups is 1. The molecule has 1 aromatic heterocycles. The summed E-state index contributed by atoms with van der Waals surface area (Å²) in [5, 5.41) is 10.9. The molecule has 0 aliphatic heterocycles. The quantitative estimate of drug-likeness (QED) is 0.326. The number of hydrogen-bond donors (Lipinski definition) is 0. The summed E-state index contributed by atoms with van der Waals surface area (Å²) in [6.07, 6.45) is 0.